The van der Waals surface area contributed by atoms with Gasteiger partial charge >= 0.3 is 0 Å². The molecule has 0 spiro atoms. The number of phenols is 2. The lowest BCUT2D eigenvalue weighted by atomic mass is 10.0. The van der Waals surface area contributed by atoms with Gasteiger partial charge in [-0.05, 0) is 25.0 Å². The fraction of sp³-hybridized carbons (Fsp3) is 0.455. The van der Waals surface area contributed by atoms with Crippen LogP contribution >= 0.6 is 0 Å². The molecule has 1 aliphatic rings. The summed E-state index contributed by atoms with van der Waals surface area (Å²) < 4.78 is 5.33. The molecule has 0 aromatic heterocycles. The van der Waals surface area contributed by atoms with Crippen molar-refractivity contribution >= 4 is 0 Å². The van der Waals surface area contributed by atoms with Crippen LogP contribution in [0.3, 0.4) is 0 Å². The number of hydrogen-bond donors (Lipinski definition) is 3. The van der Waals surface area contributed by atoms with Crippen LogP contribution < -0.4 is 0 Å². The largest absolute Gasteiger partial charge is 0.508 e. The van der Waals surface area contributed by atoms with Gasteiger partial charge in [0.15, 0.2) is 0 Å². The van der Waals surface area contributed by atoms with E-state index < -0.39 is 6.10 Å². The van der Waals surface area contributed by atoms with Gasteiger partial charge < -0.3 is 20.1 Å². The molecule has 2 rings (SSSR count). The number of hydrogen-bond acceptors (Lipinski definition) is 4. The Morgan fingerprint density at radius 1 is 1.33 bits per heavy atom. The second-order valence-corrected chi connectivity index (χ2v) is 3.74. The Hall–Kier alpha value is -1.26. The highest BCUT2D eigenvalue weighted by molar-refractivity contribution is 5.40. The summed E-state index contributed by atoms with van der Waals surface area (Å²) in [5, 5.41) is 28.6. The van der Waals surface area contributed by atoms with Crippen LogP contribution in [0.5, 0.6) is 11.5 Å². The van der Waals surface area contributed by atoms with E-state index in [0.717, 1.165) is 12.8 Å². The monoisotopic (exact) mass is 210 g/mol. The van der Waals surface area contributed by atoms with Crippen LogP contribution in [0.15, 0.2) is 18.2 Å². The Bertz CT molecular complexity index is 344. The molecule has 1 heterocycles. The predicted octanol–water partition coefficient (Wildman–Crippen LogP) is 1.31. The van der Waals surface area contributed by atoms with E-state index in [2.05, 4.69) is 0 Å². The predicted molar refractivity (Wildman–Crippen MR) is 53.7 cm³/mol. The number of aliphatic hydroxyl groups is 1. The summed E-state index contributed by atoms with van der Waals surface area (Å²) in [6.45, 7) is 0.653. The molecule has 4 nitrogen and oxygen atoms in total. The van der Waals surface area contributed by atoms with Gasteiger partial charge in [-0.2, -0.15) is 0 Å². The number of aliphatic hydroxyl groups excluding tert-OH is 1. The summed E-state index contributed by atoms with van der Waals surface area (Å²) in [4.78, 5) is 0. The molecule has 0 unspecified atom stereocenters. The van der Waals surface area contributed by atoms with Crippen LogP contribution in [0.2, 0.25) is 0 Å². The van der Waals surface area contributed by atoms with E-state index in [9.17, 15) is 10.2 Å². The van der Waals surface area contributed by atoms with Crippen molar-refractivity contribution in [3.63, 3.8) is 0 Å². The minimum Gasteiger partial charge on any atom is -0.508 e. The third-order valence-electron chi connectivity index (χ3n) is 2.65. The molecule has 15 heavy (non-hydrogen) atoms. The normalized spacial score (nSPS) is 22.9. The maximum Gasteiger partial charge on any atom is 0.125 e. The first kappa shape index (κ1) is 10.3. The molecule has 0 aliphatic carbocycles. The first-order valence-electron chi connectivity index (χ1n) is 5.00. The lowest BCUT2D eigenvalue weighted by Crippen LogP contribution is -2.17. The lowest BCUT2D eigenvalue weighted by Gasteiger charge is -2.18. The number of benzene rings is 1. The summed E-state index contributed by atoms with van der Waals surface area (Å²) >= 11 is 0. The molecule has 3 N–H and O–H groups in total. The van der Waals surface area contributed by atoms with Crippen LogP contribution in [0.4, 0.5) is 0 Å². The van der Waals surface area contributed by atoms with Gasteiger partial charge in [0.1, 0.15) is 17.6 Å². The molecular formula is C11H14O4. The van der Waals surface area contributed by atoms with Crippen molar-refractivity contribution in [2.24, 2.45) is 0 Å². The Balaban J connectivity index is 2.20. The fourth-order valence-electron chi connectivity index (χ4n) is 1.83. The Morgan fingerprint density at radius 2 is 2.13 bits per heavy atom. The van der Waals surface area contributed by atoms with Crippen molar-refractivity contribution in [3.8, 4) is 11.5 Å². The van der Waals surface area contributed by atoms with Gasteiger partial charge in [0.25, 0.3) is 0 Å². The van der Waals surface area contributed by atoms with Crippen molar-refractivity contribution in [1.29, 1.82) is 0 Å². The maximum absolute atomic E-state index is 9.93. The third kappa shape index (κ3) is 2.06. The van der Waals surface area contributed by atoms with Gasteiger partial charge in [-0.3, -0.25) is 0 Å². The van der Waals surface area contributed by atoms with Crippen LogP contribution in [-0.2, 0) is 4.74 Å². The molecule has 0 radical (unpaired) electrons. The van der Waals surface area contributed by atoms with Gasteiger partial charge in [-0.1, -0.05) is 0 Å². The highest BCUT2D eigenvalue weighted by atomic mass is 16.5. The van der Waals surface area contributed by atoms with E-state index in [0.29, 0.717) is 12.2 Å². The molecular weight excluding hydrogens is 196 g/mol. The van der Waals surface area contributed by atoms with E-state index in [4.69, 9.17) is 9.84 Å². The second-order valence-electron chi connectivity index (χ2n) is 3.74. The molecule has 1 saturated heterocycles. The summed E-state index contributed by atoms with van der Waals surface area (Å²) in [5.74, 6) is -0.117. The molecule has 1 aromatic carbocycles. The van der Waals surface area contributed by atoms with Gasteiger partial charge in [-0.15, -0.1) is 0 Å². The molecule has 1 aliphatic heterocycles. The first-order chi connectivity index (χ1) is 7.18. The van der Waals surface area contributed by atoms with Crippen molar-refractivity contribution < 1.29 is 20.1 Å². The molecule has 0 amide bonds. The zero-order chi connectivity index (χ0) is 10.8. The van der Waals surface area contributed by atoms with Crippen LogP contribution in [0, 0.1) is 0 Å². The van der Waals surface area contributed by atoms with Gasteiger partial charge in [0.05, 0.1) is 6.10 Å². The molecule has 0 saturated carbocycles. The SMILES string of the molecule is Oc1ccc([C@@H](O)[C@H]2CCCO2)c(O)c1. The zero-order valence-corrected chi connectivity index (χ0v) is 8.26. The van der Waals surface area contributed by atoms with Gasteiger partial charge in [0, 0.05) is 18.2 Å². The van der Waals surface area contributed by atoms with Crippen LogP contribution in [0.1, 0.15) is 24.5 Å². The van der Waals surface area contributed by atoms with Crippen molar-refractivity contribution in [2.75, 3.05) is 6.61 Å². The number of rotatable bonds is 2. The Morgan fingerprint density at radius 3 is 2.73 bits per heavy atom. The molecule has 0 bridgehead atoms. The highest BCUT2D eigenvalue weighted by Gasteiger charge is 2.27. The Labute approximate surface area is 87.7 Å². The quantitative estimate of drug-likeness (QED) is 0.688. The van der Waals surface area contributed by atoms with Crippen LogP contribution in [0.25, 0.3) is 0 Å². The minimum atomic E-state index is -0.826. The lowest BCUT2D eigenvalue weighted by molar-refractivity contribution is -0.00364. The van der Waals surface area contributed by atoms with E-state index in [1.54, 1.807) is 0 Å². The summed E-state index contributed by atoms with van der Waals surface area (Å²) in [7, 11) is 0. The summed E-state index contributed by atoms with van der Waals surface area (Å²) in [6.07, 6.45) is 0.649. The number of phenolic OH excluding ortho intramolecular Hbond substituents is 2. The molecule has 1 fully saturated rings. The summed E-state index contributed by atoms with van der Waals surface area (Å²) in [5.41, 5.74) is 0.403. The van der Waals surface area contributed by atoms with Crippen LogP contribution in [-0.4, -0.2) is 28.0 Å². The van der Waals surface area contributed by atoms with Gasteiger partial charge in [0.2, 0.25) is 0 Å². The standard InChI is InChI=1S/C11H14O4/c12-7-3-4-8(9(13)6-7)11(14)10-2-1-5-15-10/h3-4,6,10-14H,1-2,5H2/t10-,11-/m1/s1. The molecule has 4 heteroatoms. The second kappa shape index (κ2) is 4.08. The van der Waals surface area contributed by atoms with Crippen molar-refractivity contribution in [2.45, 2.75) is 25.0 Å². The van der Waals surface area contributed by atoms with Gasteiger partial charge in [-0.25, -0.2) is 0 Å². The average Bonchev–Trinajstić information content (AvgIpc) is 2.69. The number of aromatic hydroxyl groups is 2. The third-order valence-corrected chi connectivity index (χ3v) is 2.65. The molecule has 82 valence electrons. The van der Waals surface area contributed by atoms with E-state index in [1.807, 2.05) is 0 Å². The number of ether oxygens (including phenoxy) is 1. The average molecular weight is 210 g/mol. The van der Waals surface area contributed by atoms with Crippen molar-refractivity contribution in [1.82, 2.24) is 0 Å². The van der Waals surface area contributed by atoms with E-state index in [1.165, 1.54) is 18.2 Å². The molecule has 1 aromatic rings. The zero-order valence-electron chi connectivity index (χ0n) is 8.26. The summed E-state index contributed by atoms with van der Waals surface area (Å²) in [6, 6.07) is 4.16. The highest BCUT2D eigenvalue weighted by Crippen LogP contribution is 2.33. The fourth-order valence-corrected chi connectivity index (χ4v) is 1.83. The minimum absolute atomic E-state index is 0.0178. The maximum atomic E-state index is 9.93. The van der Waals surface area contributed by atoms with E-state index >= 15 is 0 Å². The topological polar surface area (TPSA) is 69.9 Å². The van der Waals surface area contributed by atoms with E-state index in [-0.39, 0.29) is 17.6 Å². The van der Waals surface area contributed by atoms with Crippen molar-refractivity contribution in [3.05, 3.63) is 23.8 Å². The first-order valence-corrected chi connectivity index (χ1v) is 5.00. The molecule has 2 atom stereocenters. The Kier molecular flexibility index (Phi) is 2.79. The smallest absolute Gasteiger partial charge is 0.125 e.